The molecule has 2 aliphatic rings. The van der Waals surface area contributed by atoms with Gasteiger partial charge in [0.25, 0.3) is 0 Å². The Kier molecular flexibility index (Phi) is 8.40. The zero-order chi connectivity index (χ0) is 23.4. The van der Waals surface area contributed by atoms with Crippen molar-refractivity contribution in [3.05, 3.63) is 41.5 Å². The summed E-state index contributed by atoms with van der Waals surface area (Å²) in [4.78, 5) is 12.8. The van der Waals surface area contributed by atoms with Crippen molar-refractivity contribution in [1.82, 2.24) is 5.32 Å². The van der Waals surface area contributed by atoms with Crippen LogP contribution < -0.4 is 5.32 Å². The summed E-state index contributed by atoms with van der Waals surface area (Å²) < 4.78 is 6.55. The molecule has 1 aromatic carbocycles. The molecule has 0 aliphatic carbocycles. The number of phenols is 1. The van der Waals surface area contributed by atoms with Crippen LogP contribution in [0.1, 0.15) is 71.8 Å². The van der Waals surface area contributed by atoms with Crippen LogP contribution in [0.25, 0.3) is 0 Å². The lowest BCUT2D eigenvalue weighted by molar-refractivity contribution is -0.154. The number of ether oxygens (including phenoxy) is 1. The Hall–Kier alpha value is -1.85. The molecule has 5 heteroatoms. The first-order valence-electron chi connectivity index (χ1n) is 12.3. The highest BCUT2D eigenvalue weighted by Crippen LogP contribution is 2.38. The smallest absolute Gasteiger partial charge is 0.228 e. The van der Waals surface area contributed by atoms with Crippen molar-refractivity contribution >= 4 is 5.91 Å². The molecule has 3 N–H and O–H groups in total. The summed E-state index contributed by atoms with van der Waals surface area (Å²) in [6.07, 6.45) is 5.28. The molecular weight excluding hydrogens is 402 g/mol. The number of piperidine rings is 1. The Morgan fingerprint density at radius 1 is 1.25 bits per heavy atom. The number of carbonyl (C=O) groups excluding carboxylic acids is 1. The number of carbonyl (C=O) groups is 1. The van der Waals surface area contributed by atoms with E-state index in [0.29, 0.717) is 24.3 Å². The van der Waals surface area contributed by atoms with Gasteiger partial charge >= 0.3 is 0 Å². The number of amides is 1. The minimum Gasteiger partial charge on any atom is -0.508 e. The molecule has 0 saturated carbocycles. The fourth-order valence-corrected chi connectivity index (χ4v) is 5.48. The van der Waals surface area contributed by atoms with Gasteiger partial charge in [-0.25, -0.2) is 0 Å². The van der Waals surface area contributed by atoms with Gasteiger partial charge in [-0.2, -0.15) is 0 Å². The summed E-state index contributed by atoms with van der Waals surface area (Å²) in [6.45, 7) is 11.5. The number of aromatic hydroxyl groups is 1. The topological polar surface area (TPSA) is 78.8 Å². The Morgan fingerprint density at radius 2 is 1.94 bits per heavy atom. The van der Waals surface area contributed by atoms with E-state index in [9.17, 15) is 15.0 Å². The Balaban J connectivity index is 1.74. The van der Waals surface area contributed by atoms with Gasteiger partial charge in [-0.3, -0.25) is 4.79 Å². The van der Waals surface area contributed by atoms with Crippen molar-refractivity contribution in [2.24, 2.45) is 23.7 Å². The largest absolute Gasteiger partial charge is 0.508 e. The molecule has 2 fully saturated rings. The van der Waals surface area contributed by atoms with E-state index in [0.717, 1.165) is 24.8 Å². The summed E-state index contributed by atoms with van der Waals surface area (Å²) in [5.41, 5.74) is 2.15. The predicted octanol–water partition coefficient (Wildman–Crippen LogP) is 4.79. The van der Waals surface area contributed by atoms with Crippen LogP contribution in [0.5, 0.6) is 5.75 Å². The summed E-state index contributed by atoms with van der Waals surface area (Å²) in [5.74, 6) is 0.826. The SMILES string of the molecule is CCC(C)CC(C)/C=C(\C)C1OC(C2C(=O)NCC(c3ccc(O)cc3)C2O)CCC1C. The second-order valence-electron chi connectivity index (χ2n) is 10.2. The lowest BCUT2D eigenvalue weighted by atomic mass is 9.76. The molecule has 178 valence electrons. The third-order valence-corrected chi connectivity index (χ3v) is 7.51. The summed E-state index contributed by atoms with van der Waals surface area (Å²) >= 11 is 0. The number of hydrogen-bond acceptors (Lipinski definition) is 4. The van der Waals surface area contributed by atoms with Crippen molar-refractivity contribution in [2.75, 3.05) is 6.54 Å². The zero-order valence-corrected chi connectivity index (χ0v) is 20.3. The molecule has 32 heavy (non-hydrogen) atoms. The van der Waals surface area contributed by atoms with Crippen LogP contribution in [0.4, 0.5) is 0 Å². The molecule has 1 amide bonds. The second-order valence-corrected chi connectivity index (χ2v) is 10.2. The highest BCUT2D eigenvalue weighted by atomic mass is 16.5. The molecule has 8 unspecified atom stereocenters. The van der Waals surface area contributed by atoms with Crippen LogP contribution in [0.3, 0.4) is 0 Å². The number of aliphatic hydroxyl groups is 1. The van der Waals surface area contributed by atoms with E-state index in [-0.39, 0.29) is 29.8 Å². The molecule has 2 heterocycles. The van der Waals surface area contributed by atoms with Crippen LogP contribution >= 0.6 is 0 Å². The Morgan fingerprint density at radius 3 is 2.59 bits per heavy atom. The molecule has 3 rings (SSSR count). The number of aliphatic hydroxyl groups excluding tert-OH is 1. The number of benzene rings is 1. The van der Waals surface area contributed by atoms with E-state index >= 15 is 0 Å². The number of allylic oxidation sites excluding steroid dienone is 1. The van der Waals surface area contributed by atoms with Crippen molar-refractivity contribution in [1.29, 1.82) is 0 Å². The minimum absolute atomic E-state index is 0.0258. The summed E-state index contributed by atoms with van der Waals surface area (Å²) in [7, 11) is 0. The van der Waals surface area contributed by atoms with Gasteiger partial charge < -0.3 is 20.3 Å². The fourth-order valence-electron chi connectivity index (χ4n) is 5.48. The van der Waals surface area contributed by atoms with Gasteiger partial charge in [-0.15, -0.1) is 0 Å². The van der Waals surface area contributed by atoms with Crippen LogP contribution in [-0.4, -0.2) is 41.0 Å². The van der Waals surface area contributed by atoms with Crippen LogP contribution in [0.15, 0.2) is 35.9 Å². The predicted molar refractivity (Wildman–Crippen MR) is 127 cm³/mol. The normalized spacial score (nSPS) is 33.4. The van der Waals surface area contributed by atoms with E-state index in [1.54, 1.807) is 12.1 Å². The second kappa shape index (κ2) is 10.8. The van der Waals surface area contributed by atoms with E-state index in [4.69, 9.17) is 4.74 Å². The third kappa shape index (κ3) is 5.74. The monoisotopic (exact) mass is 443 g/mol. The van der Waals surface area contributed by atoms with Gasteiger partial charge in [-0.05, 0) is 67.2 Å². The number of rotatable bonds is 7. The fraction of sp³-hybridized carbons (Fsp3) is 0.667. The van der Waals surface area contributed by atoms with Crippen LogP contribution in [-0.2, 0) is 9.53 Å². The van der Waals surface area contributed by atoms with E-state index in [1.807, 2.05) is 12.1 Å². The standard InChI is InChI=1S/C27H41NO4/c1-6-16(2)13-17(3)14-19(5)26-18(4)7-12-23(32-26)24-25(30)22(15-28-27(24)31)20-8-10-21(29)11-9-20/h8-11,14,16-18,22-26,29-30H,6-7,12-13,15H2,1-5H3,(H,28,31)/b19-14+. The highest BCUT2D eigenvalue weighted by Gasteiger charge is 2.46. The molecule has 0 spiro atoms. The third-order valence-electron chi connectivity index (χ3n) is 7.51. The van der Waals surface area contributed by atoms with Gasteiger partial charge in [0.1, 0.15) is 5.75 Å². The maximum Gasteiger partial charge on any atom is 0.228 e. The molecule has 2 saturated heterocycles. The Bertz CT molecular complexity index is 789. The van der Waals surface area contributed by atoms with Crippen LogP contribution in [0, 0.1) is 23.7 Å². The molecular formula is C27H41NO4. The van der Waals surface area contributed by atoms with Crippen molar-refractivity contribution in [3.63, 3.8) is 0 Å². The first-order valence-corrected chi connectivity index (χ1v) is 12.3. The van der Waals surface area contributed by atoms with Crippen molar-refractivity contribution in [3.8, 4) is 5.75 Å². The van der Waals surface area contributed by atoms with Gasteiger partial charge in [0.05, 0.1) is 24.2 Å². The number of phenolic OH excluding ortho intramolecular Hbond substituents is 1. The van der Waals surface area contributed by atoms with E-state index in [1.165, 1.54) is 12.0 Å². The van der Waals surface area contributed by atoms with Gasteiger partial charge in [0.15, 0.2) is 0 Å². The highest BCUT2D eigenvalue weighted by molar-refractivity contribution is 5.81. The summed E-state index contributed by atoms with van der Waals surface area (Å²) in [5, 5.41) is 23.8. The molecule has 1 aromatic rings. The van der Waals surface area contributed by atoms with Crippen molar-refractivity contribution in [2.45, 2.75) is 84.5 Å². The lowest BCUT2D eigenvalue weighted by Gasteiger charge is -2.43. The maximum atomic E-state index is 12.8. The molecule has 2 aliphatic heterocycles. The zero-order valence-electron chi connectivity index (χ0n) is 20.3. The number of nitrogens with one attached hydrogen (secondary N) is 1. The molecule has 0 radical (unpaired) electrons. The first kappa shape index (κ1) is 24.8. The molecule has 8 atom stereocenters. The summed E-state index contributed by atoms with van der Waals surface area (Å²) in [6, 6.07) is 6.87. The van der Waals surface area contributed by atoms with Gasteiger partial charge in [0.2, 0.25) is 5.91 Å². The lowest BCUT2D eigenvalue weighted by Crippen LogP contribution is -2.56. The molecule has 0 bridgehead atoms. The van der Waals surface area contributed by atoms with E-state index in [2.05, 4.69) is 46.0 Å². The maximum absolute atomic E-state index is 12.8. The van der Waals surface area contributed by atoms with Crippen molar-refractivity contribution < 1.29 is 19.7 Å². The average molecular weight is 444 g/mol. The average Bonchev–Trinajstić information content (AvgIpc) is 2.75. The molecule has 0 aromatic heterocycles. The Labute approximate surface area is 193 Å². The minimum atomic E-state index is -0.819. The number of hydrogen-bond donors (Lipinski definition) is 3. The molecule has 5 nitrogen and oxygen atoms in total. The van der Waals surface area contributed by atoms with E-state index < -0.39 is 12.0 Å². The van der Waals surface area contributed by atoms with Crippen LogP contribution in [0.2, 0.25) is 0 Å². The van der Waals surface area contributed by atoms with Gasteiger partial charge in [0, 0.05) is 12.5 Å². The first-order chi connectivity index (χ1) is 15.2. The van der Waals surface area contributed by atoms with Gasteiger partial charge in [-0.1, -0.05) is 52.3 Å². The quantitative estimate of drug-likeness (QED) is 0.530.